The summed E-state index contributed by atoms with van der Waals surface area (Å²) in [6.45, 7) is 2.81. The van der Waals surface area contributed by atoms with E-state index >= 15 is 0 Å². The van der Waals surface area contributed by atoms with E-state index in [1.165, 1.54) is 5.56 Å². The van der Waals surface area contributed by atoms with Crippen molar-refractivity contribution in [1.82, 2.24) is 0 Å². The van der Waals surface area contributed by atoms with Crippen LogP contribution in [0.4, 0.5) is 0 Å². The van der Waals surface area contributed by atoms with Crippen molar-refractivity contribution >= 4 is 5.97 Å². The van der Waals surface area contributed by atoms with Crippen molar-refractivity contribution in [2.75, 3.05) is 34.7 Å². The number of carbonyl (C=O) groups is 1. The van der Waals surface area contributed by atoms with Crippen LogP contribution in [0.15, 0.2) is 24.3 Å². The Hall–Kier alpha value is -3.09. The van der Waals surface area contributed by atoms with Gasteiger partial charge in [0.15, 0.2) is 23.0 Å². The number of benzene rings is 2. The van der Waals surface area contributed by atoms with E-state index in [1.807, 2.05) is 18.2 Å². The highest BCUT2D eigenvalue weighted by Crippen LogP contribution is 2.57. The number of rotatable bonds is 6. The van der Waals surface area contributed by atoms with Gasteiger partial charge in [0.1, 0.15) is 0 Å². The molecule has 1 saturated heterocycles. The fourth-order valence-electron chi connectivity index (χ4n) is 5.64. The van der Waals surface area contributed by atoms with E-state index in [0.29, 0.717) is 29.6 Å². The molecule has 0 radical (unpaired) electrons. The van der Waals surface area contributed by atoms with Crippen LogP contribution in [0.5, 0.6) is 28.7 Å². The largest absolute Gasteiger partial charge is 0.493 e. The highest BCUT2D eigenvalue weighted by atomic mass is 16.7. The molecule has 0 saturated carbocycles. The van der Waals surface area contributed by atoms with Crippen molar-refractivity contribution in [3.05, 3.63) is 41.0 Å². The van der Waals surface area contributed by atoms with Crippen LogP contribution in [0.25, 0.3) is 0 Å². The molecule has 1 unspecified atom stereocenters. The smallest absolute Gasteiger partial charge is 0.310 e. The van der Waals surface area contributed by atoms with E-state index < -0.39 is 0 Å². The van der Waals surface area contributed by atoms with Gasteiger partial charge in [-0.1, -0.05) is 13.3 Å². The molecule has 0 spiro atoms. The van der Waals surface area contributed by atoms with Crippen molar-refractivity contribution in [1.29, 1.82) is 0 Å². The molecule has 0 bridgehead atoms. The van der Waals surface area contributed by atoms with Gasteiger partial charge in [-0.05, 0) is 53.3 Å². The Balaban J connectivity index is 1.74. The molecule has 3 aliphatic rings. The van der Waals surface area contributed by atoms with E-state index in [9.17, 15) is 4.79 Å². The van der Waals surface area contributed by atoms with E-state index in [4.69, 9.17) is 28.4 Å². The second-order valence-electron chi connectivity index (χ2n) is 8.49. The van der Waals surface area contributed by atoms with Crippen molar-refractivity contribution in [2.24, 2.45) is 11.8 Å². The monoisotopic (exact) mass is 440 g/mol. The number of methoxy groups -OCH3 is 3. The normalized spacial score (nSPS) is 25.1. The maximum Gasteiger partial charge on any atom is 0.310 e. The van der Waals surface area contributed by atoms with Gasteiger partial charge in [0.25, 0.3) is 0 Å². The van der Waals surface area contributed by atoms with Gasteiger partial charge in [0.2, 0.25) is 12.5 Å². The molecule has 2 aliphatic heterocycles. The lowest BCUT2D eigenvalue weighted by atomic mass is 9.62. The Morgan fingerprint density at radius 1 is 0.906 bits per heavy atom. The molecule has 2 aromatic carbocycles. The van der Waals surface area contributed by atoms with E-state index in [-0.39, 0.29) is 36.4 Å². The molecule has 32 heavy (non-hydrogen) atoms. The zero-order valence-electron chi connectivity index (χ0n) is 18.8. The average Bonchev–Trinajstić information content (AvgIpc) is 3.43. The van der Waals surface area contributed by atoms with Crippen LogP contribution in [0.3, 0.4) is 0 Å². The lowest BCUT2D eigenvalue weighted by Crippen LogP contribution is -2.34. The van der Waals surface area contributed by atoms with Crippen molar-refractivity contribution in [3.8, 4) is 28.7 Å². The summed E-state index contributed by atoms with van der Waals surface area (Å²) in [4.78, 5) is 13.1. The van der Waals surface area contributed by atoms with Crippen LogP contribution >= 0.6 is 0 Å². The standard InChI is InChI=1S/C25H28O7/c1-5-6-14-15-9-18-19(32-12-31-18)10-16(15)22(23-17(14)11-30-25(23)26)13-7-20(27-2)24(29-4)21(8-13)28-3/h7-10,14,17,22-23H,5-6,11-12H2,1-4H3/t14-,17?,22-,23+/m1/s1. The minimum absolute atomic E-state index is 0.0967. The molecule has 1 aliphatic carbocycles. The zero-order valence-corrected chi connectivity index (χ0v) is 18.8. The zero-order chi connectivity index (χ0) is 22.4. The van der Waals surface area contributed by atoms with Gasteiger partial charge in [-0.25, -0.2) is 0 Å². The third kappa shape index (κ3) is 3.05. The Bertz CT molecular complexity index is 1020. The number of hydrogen-bond acceptors (Lipinski definition) is 7. The maximum atomic E-state index is 13.1. The molecule has 5 rings (SSSR count). The summed E-state index contributed by atoms with van der Waals surface area (Å²) >= 11 is 0. The molecular formula is C25H28O7. The van der Waals surface area contributed by atoms with Gasteiger partial charge in [-0.15, -0.1) is 0 Å². The van der Waals surface area contributed by atoms with E-state index in [0.717, 1.165) is 29.7 Å². The summed E-state index contributed by atoms with van der Waals surface area (Å²) in [6.07, 6.45) is 2.00. The minimum atomic E-state index is -0.290. The predicted molar refractivity (Wildman–Crippen MR) is 116 cm³/mol. The third-order valence-corrected chi connectivity index (χ3v) is 6.99. The highest BCUT2D eigenvalue weighted by molar-refractivity contribution is 5.79. The molecule has 2 aromatic rings. The summed E-state index contributed by atoms with van der Waals surface area (Å²) in [6, 6.07) is 8.00. The number of hydrogen-bond donors (Lipinski definition) is 0. The average molecular weight is 440 g/mol. The first-order valence-corrected chi connectivity index (χ1v) is 11.0. The maximum absolute atomic E-state index is 13.1. The molecule has 0 aromatic heterocycles. The van der Waals surface area contributed by atoms with Gasteiger partial charge in [-0.2, -0.15) is 0 Å². The topological polar surface area (TPSA) is 72.5 Å². The number of esters is 1. The lowest BCUT2D eigenvalue weighted by Gasteiger charge is -2.39. The number of ether oxygens (including phenoxy) is 6. The van der Waals surface area contributed by atoms with Crippen molar-refractivity contribution in [3.63, 3.8) is 0 Å². The summed E-state index contributed by atoms with van der Waals surface area (Å²) < 4.78 is 33.7. The fraction of sp³-hybridized carbons (Fsp3) is 0.480. The van der Waals surface area contributed by atoms with Crippen LogP contribution in [0, 0.1) is 11.8 Å². The molecule has 4 atom stereocenters. The predicted octanol–water partition coefficient (Wildman–Crippen LogP) is 4.26. The van der Waals surface area contributed by atoms with Crippen LogP contribution in [0.2, 0.25) is 0 Å². The van der Waals surface area contributed by atoms with Gasteiger partial charge in [0, 0.05) is 11.8 Å². The summed E-state index contributed by atoms with van der Waals surface area (Å²) in [5.74, 6) is 2.76. The van der Waals surface area contributed by atoms with Crippen molar-refractivity contribution in [2.45, 2.75) is 31.6 Å². The second kappa shape index (κ2) is 8.11. The molecule has 170 valence electrons. The van der Waals surface area contributed by atoms with Gasteiger partial charge in [-0.3, -0.25) is 4.79 Å². The molecular weight excluding hydrogens is 412 g/mol. The first kappa shape index (κ1) is 20.8. The number of cyclic esters (lactones) is 1. The molecule has 0 N–H and O–H groups in total. The number of fused-ring (bicyclic) bond motifs is 3. The summed E-state index contributed by atoms with van der Waals surface area (Å²) in [7, 11) is 4.77. The minimum Gasteiger partial charge on any atom is -0.493 e. The Morgan fingerprint density at radius 3 is 2.16 bits per heavy atom. The quantitative estimate of drug-likeness (QED) is 0.622. The Labute approximate surface area is 187 Å². The molecule has 7 heteroatoms. The van der Waals surface area contributed by atoms with Gasteiger partial charge >= 0.3 is 5.97 Å². The van der Waals surface area contributed by atoms with Crippen LogP contribution in [0.1, 0.15) is 48.3 Å². The summed E-state index contributed by atoms with van der Waals surface area (Å²) in [5.41, 5.74) is 3.19. The molecule has 2 heterocycles. The van der Waals surface area contributed by atoms with Crippen LogP contribution < -0.4 is 23.7 Å². The second-order valence-corrected chi connectivity index (χ2v) is 8.49. The lowest BCUT2D eigenvalue weighted by molar-refractivity contribution is -0.141. The molecule has 7 nitrogen and oxygen atoms in total. The first-order chi connectivity index (χ1) is 15.6. The van der Waals surface area contributed by atoms with Crippen molar-refractivity contribution < 1.29 is 33.2 Å². The molecule has 1 fully saturated rings. The summed E-state index contributed by atoms with van der Waals surface area (Å²) in [5, 5.41) is 0. The van der Waals surface area contributed by atoms with Crippen LogP contribution in [-0.2, 0) is 9.53 Å². The van der Waals surface area contributed by atoms with Crippen LogP contribution in [-0.4, -0.2) is 40.7 Å². The first-order valence-electron chi connectivity index (χ1n) is 11.0. The Morgan fingerprint density at radius 2 is 1.56 bits per heavy atom. The van der Waals surface area contributed by atoms with Gasteiger partial charge in [0.05, 0.1) is 33.9 Å². The fourth-order valence-corrected chi connectivity index (χ4v) is 5.64. The number of carbonyl (C=O) groups excluding carboxylic acids is 1. The van der Waals surface area contributed by atoms with E-state index in [2.05, 4.69) is 13.0 Å². The Kier molecular flexibility index (Phi) is 5.27. The molecule has 0 amide bonds. The highest BCUT2D eigenvalue weighted by Gasteiger charge is 2.52. The van der Waals surface area contributed by atoms with Gasteiger partial charge < -0.3 is 28.4 Å². The van der Waals surface area contributed by atoms with E-state index in [1.54, 1.807) is 21.3 Å². The third-order valence-electron chi connectivity index (χ3n) is 6.99. The SMILES string of the molecule is CCC[C@@H]1c2cc3c(cc2[C@@H](c2cc(OC)c(OC)c(OC)c2)[C@H]2C(=O)OCC12)OCO3.